The highest BCUT2D eigenvalue weighted by atomic mass is 16.5. The maximum Gasteiger partial charge on any atom is 0.162 e. The van der Waals surface area contributed by atoms with Gasteiger partial charge in [0, 0.05) is 29.6 Å². The quantitative estimate of drug-likeness (QED) is 0.384. The van der Waals surface area contributed by atoms with Gasteiger partial charge in [0.25, 0.3) is 0 Å². The third-order valence-corrected chi connectivity index (χ3v) is 5.51. The van der Waals surface area contributed by atoms with Crippen LogP contribution in [0.2, 0.25) is 0 Å². The molecular weight excluding hydrogens is 440 g/mol. The number of hydrogen-bond acceptors (Lipinski definition) is 7. The van der Waals surface area contributed by atoms with Crippen LogP contribution in [0.5, 0.6) is 17.2 Å². The predicted molar refractivity (Wildman–Crippen MR) is 137 cm³/mol. The molecule has 0 atom stereocenters. The summed E-state index contributed by atoms with van der Waals surface area (Å²) in [5.74, 6) is 3.18. The van der Waals surface area contributed by atoms with Crippen LogP contribution >= 0.6 is 0 Å². The van der Waals surface area contributed by atoms with Gasteiger partial charge in [0.2, 0.25) is 0 Å². The Balaban J connectivity index is 1.51. The summed E-state index contributed by atoms with van der Waals surface area (Å²) in [5, 5.41) is 3.42. The zero-order valence-corrected chi connectivity index (χ0v) is 19.4. The molecule has 1 aliphatic heterocycles. The first-order chi connectivity index (χ1) is 17.2. The number of anilines is 1. The summed E-state index contributed by atoms with van der Waals surface area (Å²) in [5.41, 5.74) is 4.31. The van der Waals surface area contributed by atoms with Gasteiger partial charge in [0.1, 0.15) is 18.2 Å². The number of methoxy groups -OCH3 is 2. The van der Waals surface area contributed by atoms with Gasteiger partial charge in [0.15, 0.2) is 17.3 Å². The minimum atomic E-state index is 0.446. The molecule has 2 heterocycles. The van der Waals surface area contributed by atoms with Crippen LogP contribution in [0.15, 0.2) is 101 Å². The maximum atomic E-state index is 6.03. The molecule has 0 saturated carbocycles. The third-order valence-electron chi connectivity index (χ3n) is 5.51. The summed E-state index contributed by atoms with van der Waals surface area (Å²) in [7, 11) is 3.26. The van der Waals surface area contributed by atoms with E-state index in [0.717, 1.165) is 33.8 Å². The second-order valence-corrected chi connectivity index (χ2v) is 7.78. The zero-order chi connectivity index (χ0) is 24.0. The number of fused-ring (bicyclic) bond motifs is 1. The van der Waals surface area contributed by atoms with E-state index < -0.39 is 0 Å². The lowest BCUT2D eigenvalue weighted by molar-refractivity contribution is 0.284. The third kappa shape index (κ3) is 4.99. The Hall–Kier alpha value is -4.65. The molecule has 1 N–H and O–H groups in total. The number of aromatic nitrogens is 1. The number of aliphatic imine (C=N–C) groups is 2. The van der Waals surface area contributed by atoms with E-state index in [1.165, 1.54) is 0 Å². The number of benzene rings is 3. The number of nitrogens with one attached hydrogen (secondary N) is 1. The Labute approximate surface area is 203 Å². The highest BCUT2D eigenvalue weighted by molar-refractivity contribution is 6.19. The summed E-state index contributed by atoms with van der Waals surface area (Å²) in [6.07, 6.45) is 3.45. The summed E-state index contributed by atoms with van der Waals surface area (Å²) in [6.45, 7) is 0.446. The molecule has 1 aromatic heterocycles. The lowest BCUT2D eigenvalue weighted by Gasteiger charge is -2.15. The van der Waals surface area contributed by atoms with Crippen LogP contribution < -0.4 is 19.5 Å². The molecule has 0 radical (unpaired) electrons. The van der Waals surface area contributed by atoms with E-state index in [2.05, 4.69) is 10.3 Å². The minimum Gasteiger partial charge on any atom is -0.497 e. The average Bonchev–Trinajstić information content (AvgIpc) is 3.12. The van der Waals surface area contributed by atoms with Crippen molar-refractivity contribution >= 4 is 23.0 Å². The first-order valence-electron chi connectivity index (χ1n) is 11.1. The first kappa shape index (κ1) is 22.2. The highest BCUT2D eigenvalue weighted by Gasteiger charge is 2.18. The number of pyridine rings is 1. The van der Waals surface area contributed by atoms with Crippen molar-refractivity contribution in [1.82, 2.24) is 4.98 Å². The molecule has 0 aliphatic carbocycles. The van der Waals surface area contributed by atoms with E-state index >= 15 is 0 Å². The van der Waals surface area contributed by atoms with Gasteiger partial charge >= 0.3 is 0 Å². The van der Waals surface area contributed by atoms with Crippen LogP contribution in [0.1, 0.15) is 16.7 Å². The van der Waals surface area contributed by atoms with Gasteiger partial charge in [-0.3, -0.25) is 4.98 Å². The molecule has 0 spiro atoms. The lowest BCUT2D eigenvalue weighted by Crippen LogP contribution is -2.15. The van der Waals surface area contributed by atoms with Crippen molar-refractivity contribution in [2.75, 3.05) is 19.5 Å². The molecule has 7 heteroatoms. The average molecular weight is 465 g/mol. The standard InChI is InChI=1S/C28H24N4O3/c1-33-22-9-10-23-24(17-22)31-28(32-27(30-23)20-12-14-29-15-13-20)21-8-11-25(26(16-21)34-2)35-18-19-6-4-3-5-7-19/h3-17H,18H2,1-2H3,(H,30,31,32). The number of rotatable bonds is 7. The number of ether oxygens (including phenoxy) is 3. The molecule has 3 aromatic carbocycles. The van der Waals surface area contributed by atoms with Crippen LogP contribution in [-0.4, -0.2) is 30.9 Å². The van der Waals surface area contributed by atoms with Crippen LogP contribution in [0, 0.1) is 0 Å². The van der Waals surface area contributed by atoms with Crippen LogP contribution in [-0.2, 0) is 6.61 Å². The fourth-order valence-electron chi connectivity index (χ4n) is 3.68. The second-order valence-electron chi connectivity index (χ2n) is 7.78. The smallest absolute Gasteiger partial charge is 0.162 e. The lowest BCUT2D eigenvalue weighted by atomic mass is 10.1. The molecule has 35 heavy (non-hydrogen) atoms. The fourth-order valence-corrected chi connectivity index (χ4v) is 3.68. The van der Waals surface area contributed by atoms with E-state index in [1.807, 2.05) is 78.9 Å². The number of nitrogens with zero attached hydrogens (tertiary/aromatic N) is 3. The summed E-state index contributed by atoms with van der Waals surface area (Å²) in [4.78, 5) is 13.8. The van der Waals surface area contributed by atoms with Crippen molar-refractivity contribution in [3.05, 3.63) is 108 Å². The predicted octanol–water partition coefficient (Wildman–Crippen LogP) is 5.63. The fraction of sp³-hybridized carbons (Fsp3) is 0.107. The van der Waals surface area contributed by atoms with Crippen molar-refractivity contribution in [3.63, 3.8) is 0 Å². The summed E-state index contributed by atoms with van der Waals surface area (Å²) in [6, 6.07) is 25.2. The maximum absolute atomic E-state index is 6.03. The van der Waals surface area contributed by atoms with Gasteiger partial charge in [-0.25, -0.2) is 9.98 Å². The topological polar surface area (TPSA) is 77.3 Å². The van der Waals surface area contributed by atoms with Gasteiger partial charge in [0.05, 0.1) is 25.6 Å². The molecular formula is C28H24N4O3. The molecule has 4 aromatic rings. The largest absolute Gasteiger partial charge is 0.497 e. The molecule has 7 nitrogen and oxygen atoms in total. The zero-order valence-electron chi connectivity index (χ0n) is 19.4. The normalized spacial score (nSPS) is 12.4. The van der Waals surface area contributed by atoms with Gasteiger partial charge < -0.3 is 19.5 Å². The number of hydrogen-bond donors (Lipinski definition) is 1. The minimum absolute atomic E-state index is 0.446. The van der Waals surface area contributed by atoms with Crippen LogP contribution in [0.3, 0.4) is 0 Å². The molecule has 0 saturated heterocycles. The molecule has 1 aliphatic rings. The van der Waals surface area contributed by atoms with Crippen LogP contribution in [0.4, 0.5) is 11.4 Å². The van der Waals surface area contributed by atoms with Crippen molar-refractivity contribution in [2.45, 2.75) is 6.61 Å². The molecule has 0 unspecified atom stereocenters. The molecule has 0 bridgehead atoms. The van der Waals surface area contributed by atoms with E-state index in [-0.39, 0.29) is 0 Å². The van der Waals surface area contributed by atoms with Crippen molar-refractivity contribution in [1.29, 1.82) is 0 Å². The van der Waals surface area contributed by atoms with E-state index in [4.69, 9.17) is 24.2 Å². The first-order valence-corrected chi connectivity index (χ1v) is 11.1. The Morgan fingerprint density at radius 3 is 2.34 bits per heavy atom. The van der Waals surface area contributed by atoms with Gasteiger partial charge in [-0.15, -0.1) is 0 Å². The molecule has 0 amide bonds. The van der Waals surface area contributed by atoms with Gasteiger partial charge in [-0.1, -0.05) is 30.3 Å². The Morgan fingerprint density at radius 2 is 1.57 bits per heavy atom. The van der Waals surface area contributed by atoms with Crippen LogP contribution in [0.25, 0.3) is 0 Å². The Bertz CT molecular complexity index is 1390. The van der Waals surface area contributed by atoms with E-state index in [9.17, 15) is 0 Å². The summed E-state index contributed by atoms with van der Waals surface area (Å²) >= 11 is 0. The Kier molecular flexibility index (Phi) is 6.39. The monoisotopic (exact) mass is 464 g/mol. The SMILES string of the molecule is COc1ccc2c(c1)NC(c1ccc(OCc3ccccc3)c(OC)c1)=NC(c1ccncc1)=N2. The summed E-state index contributed by atoms with van der Waals surface area (Å²) < 4.78 is 17.1. The van der Waals surface area contributed by atoms with Gasteiger partial charge in [-0.2, -0.15) is 0 Å². The van der Waals surface area contributed by atoms with E-state index in [0.29, 0.717) is 29.8 Å². The number of amidine groups is 2. The van der Waals surface area contributed by atoms with Gasteiger partial charge in [-0.05, 0) is 48.0 Å². The second kappa shape index (κ2) is 10.1. The molecule has 5 rings (SSSR count). The highest BCUT2D eigenvalue weighted by Crippen LogP contribution is 2.34. The molecule has 174 valence electrons. The van der Waals surface area contributed by atoms with E-state index in [1.54, 1.807) is 26.6 Å². The molecule has 0 fully saturated rings. The Morgan fingerprint density at radius 1 is 0.743 bits per heavy atom. The van der Waals surface area contributed by atoms with Crippen molar-refractivity contribution in [2.24, 2.45) is 9.98 Å². The van der Waals surface area contributed by atoms with Crippen molar-refractivity contribution in [3.8, 4) is 17.2 Å². The van der Waals surface area contributed by atoms with Crippen molar-refractivity contribution < 1.29 is 14.2 Å².